The third-order valence-corrected chi connectivity index (χ3v) is 1.66. The Hall–Kier alpha value is -1.52. The maximum absolute atomic E-state index is 8.27. The van der Waals surface area contributed by atoms with Gasteiger partial charge in [0.15, 0.2) is 0 Å². The predicted molar refractivity (Wildman–Crippen MR) is 45.0 cm³/mol. The van der Waals surface area contributed by atoms with Gasteiger partial charge in [0, 0.05) is 25.4 Å². The number of oxime groups is 1. The van der Waals surface area contributed by atoms with E-state index in [1.165, 1.54) is 0 Å². The van der Waals surface area contributed by atoms with E-state index in [0.29, 0.717) is 13.0 Å². The average molecular weight is 168 g/mol. The van der Waals surface area contributed by atoms with E-state index >= 15 is 0 Å². The van der Waals surface area contributed by atoms with Gasteiger partial charge in [-0.2, -0.15) is 0 Å². The molecule has 1 heterocycles. The molecule has 0 aromatic carbocycles. The van der Waals surface area contributed by atoms with E-state index in [1.807, 2.05) is 17.7 Å². The predicted octanol–water partition coefficient (Wildman–Crippen LogP) is 0.328. The molecule has 0 bridgehead atoms. The second kappa shape index (κ2) is 3.75. The molecule has 0 spiro atoms. The Kier molecular flexibility index (Phi) is 2.68. The van der Waals surface area contributed by atoms with Gasteiger partial charge in [0.05, 0.1) is 0 Å². The van der Waals surface area contributed by atoms with Crippen LogP contribution in [0.3, 0.4) is 0 Å². The molecule has 0 saturated heterocycles. The first-order valence-electron chi connectivity index (χ1n) is 3.68. The van der Waals surface area contributed by atoms with E-state index in [2.05, 4.69) is 10.1 Å². The lowest BCUT2D eigenvalue weighted by Gasteiger charge is -2.02. The van der Waals surface area contributed by atoms with E-state index in [1.54, 1.807) is 6.20 Å². The zero-order valence-corrected chi connectivity index (χ0v) is 6.94. The number of aromatic nitrogens is 2. The number of imidazole rings is 1. The molecule has 0 saturated carbocycles. The highest BCUT2D eigenvalue weighted by Gasteiger charge is 1.97. The zero-order chi connectivity index (χ0) is 8.97. The molecule has 1 aromatic rings. The summed E-state index contributed by atoms with van der Waals surface area (Å²) in [7, 11) is 0. The Morgan fingerprint density at radius 3 is 3.08 bits per heavy atom. The number of aryl methyl sites for hydroxylation is 2. The highest BCUT2D eigenvalue weighted by atomic mass is 16.4. The molecule has 66 valence electrons. The number of nitrogens with two attached hydrogens (primary N) is 1. The van der Waals surface area contributed by atoms with Crippen molar-refractivity contribution in [3.63, 3.8) is 0 Å². The minimum Gasteiger partial charge on any atom is -0.409 e. The van der Waals surface area contributed by atoms with E-state index in [0.717, 1.165) is 5.82 Å². The molecule has 0 unspecified atom stereocenters. The minimum atomic E-state index is 0.239. The van der Waals surface area contributed by atoms with Gasteiger partial charge in [0.2, 0.25) is 0 Å². The second-order valence-electron chi connectivity index (χ2n) is 2.51. The van der Waals surface area contributed by atoms with Crippen molar-refractivity contribution in [2.75, 3.05) is 0 Å². The van der Waals surface area contributed by atoms with Gasteiger partial charge in [0.25, 0.3) is 0 Å². The lowest BCUT2D eigenvalue weighted by Crippen LogP contribution is -2.14. The molecular formula is C7H12N4O. The fraction of sp³-hybridized carbons (Fsp3) is 0.429. The van der Waals surface area contributed by atoms with Crippen molar-refractivity contribution in [2.24, 2.45) is 10.9 Å². The van der Waals surface area contributed by atoms with Gasteiger partial charge in [-0.05, 0) is 6.92 Å². The first kappa shape index (κ1) is 8.58. The first-order chi connectivity index (χ1) is 5.74. The normalized spacial score (nSPS) is 11.9. The smallest absolute Gasteiger partial charge is 0.140 e. The van der Waals surface area contributed by atoms with Crippen LogP contribution >= 0.6 is 0 Å². The van der Waals surface area contributed by atoms with Gasteiger partial charge < -0.3 is 15.5 Å². The van der Waals surface area contributed by atoms with Crippen LogP contribution in [0, 0.1) is 6.92 Å². The highest BCUT2D eigenvalue weighted by Crippen LogP contribution is 1.96. The van der Waals surface area contributed by atoms with E-state index in [-0.39, 0.29) is 5.84 Å². The average Bonchev–Trinajstić information content (AvgIpc) is 2.47. The molecule has 1 rings (SSSR count). The molecule has 0 amide bonds. The van der Waals surface area contributed by atoms with Crippen LogP contribution in [-0.4, -0.2) is 20.6 Å². The molecule has 0 fully saturated rings. The van der Waals surface area contributed by atoms with E-state index in [9.17, 15) is 0 Å². The van der Waals surface area contributed by atoms with Crippen molar-refractivity contribution in [2.45, 2.75) is 19.9 Å². The van der Waals surface area contributed by atoms with Gasteiger partial charge in [-0.1, -0.05) is 5.16 Å². The zero-order valence-electron chi connectivity index (χ0n) is 6.94. The Labute approximate surface area is 70.5 Å². The lowest BCUT2D eigenvalue weighted by atomic mass is 10.4. The molecule has 5 heteroatoms. The fourth-order valence-corrected chi connectivity index (χ4v) is 0.925. The number of hydrogen-bond donors (Lipinski definition) is 2. The van der Waals surface area contributed by atoms with Gasteiger partial charge in [0.1, 0.15) is 11.7 Å². The molecule has 0 aliphatic heterocycles. The summed E-state index contributed by atoms with van der Waals surface area (Å²) in [4.78, 5) is 4.04. The van der Waals surface area contributed by atoms with Crippen molar-refractivity contribution in [1.82, 2.24) is 9.55 Å². The summed E-state index contributed by atoms with van der Waals surface area (Å²) in [6, 6.07) is 0. The molecule has 0 radical (unpaired) electrons. The third-order valence-electron chi connectivity index (χ3n) is 1.66. The summed E-state index contributed by atoms with van der Waals surface area (Å²) in [6.45, 7) is 2.61. The van der Waals surface area contributed by atoms with Crippen LogP contribution in [0.25, 0.3) is 0 Å². The van der Waals surface area contributed by atoms with Crippen LogP contribution in [0.1, 0.15) is 12.2 Å². The molecular weight excluding hydrogens is 156 g/mol. The number of amidine groups is 1. The van der Waals surface area contributed by atoms with E-state index in [4.69, 9.17) is 10.9 Å². The number of nitrogens with zero attached hydrogens (tertiary/aromatic N) is 3. The number of hydrogen-bond acceptors (Lipinski definition) is 3. The van der Waals surface area contributed by atoms with Crippen LogP contribution in [0.2, 0.25) is 0 Å². The molecule has 12 heavy (non-hydrogen) atoms. The Balaban J connectivity index is 2.49. The molecule has 0 aliphatic rings. The van der Waals surface area contributed by atoms with Crippen molar-refractivity contribution in [1.29, 1.82) is 0 Å². The van der Waals surface area contributed by atoms with Gasteiger partial charge in [-0.25, -0.2) is 4.98 Å². The second-order valence-corrected chi connectivity index (χ2v) is 2.51. The summed E-state index contributed by atoms with van der Waals surface area (Å²) in [5, 5.41) is 11.1. The van der Waals surface area contributed by atoms with Crippen molar-refractivity contribution in [3.8, 4) is 0 Å². The summed E-state index contributed by atoms with van der Waals surface area (Å²) >= 11 is 0. The maximum atomic E-state index is 8.27. The monoisotopic (exact) mass is 168 g/mol. The molecule has 0 atom stereocenters. The van der Waals surface area contributed by atoms with Crippen molar-refractivity contribution < 1.29 is 5.21 Å². The Morgan fingerprint density at radius 2 is 2.58 bits per heavy atom. The van der Waals surface area contributed by atoms with E-state index < -0.39 is 0 Å². The quantitative estimate of drug-likeness (QED) is 0.295. The minimum absolute atomic E-state index is 0.239. The molecule has 0 aliphatic carbocycles. The van der Waals surface area contributed by atoms with Crippen LogP contribution in [0.15, 0.2) is 17.5 Å². The molecule has 3 N–H and O–H groups in total. The highest BCUT2D eigenvalue weighted by molar-refractivity contribution is 5.79. The molecule has 5 nitrogen and oxygen atoms in total. The van der Waals surface area contributed by atoms with Crippen LogP contribution in [0.4, 0.5) is 0 Å². The van der Waals surface area contributed by atoms with Crippen LogP contribution in [-0.2, 0) is 6.54 Å². The largest absolute Gasteiger partial charge is 0.409 e. The van der Waals surface area contributed by atoms with Gasteiger partial charge in [-0.15, -0.1) is 0 Å². The standard InChI is InChI=1S/C7H12N4O/c1-6-9-3-5-11(6)4-2-7(8)10-12/h3,5,12H,2,4H2,1H3,(H2,8,10). The summed E-state index contributed by atoms with van der Waals surface area (Å²) in [5.74, 6) is 1.17. The van der Waals surface area contributed by atoms with Crippen LogP contribution < -0.4 is 5.73 Å². The number of rotatable bonds is 3. The summed E-state index contributed by atoms with van der Waals surface area (Å²) in [6.07, 6.45) is 4.12. The third kappa shape index (κ3) is 1.98. The summed E-state index contributed by atoms with van der Waals surface area (Å²) < 4.78 is 1.94. The first-order valence-corrected chi connectivity index (χ1v) is 3.68. The lowest BCUT2D eigenvalue weighted by molar-refractivity contribution is 0.316. The van der Waals surface area contributed by atoms with Crippen molar-refractivity contribution in [3.05, 3.63) is 18.2 Å². The van der Waals surface area contributed by atoms with Gasteiger partial charge >= 0.3 is 0 Å². The Bertz CT molecular complexity index is 279. The van der Waals surface area contributed by atoms with Crippen LogP contribution in [0.5, 0.6) is 0 Å². The topological polar surface area (TPSA) is 76.4 Å². The Morgan fingerprint density at radius 1 is 1.83 bits per heavy atom. The summed E-state index contributed by atoms with van der Waals surface area (Å²) in [5.41, 5.74) is 5.31. The maximum Gasteiger partial charge on any atom is 0.140 e. The fourth-order valence-electron chi connectivity index (χ4n) is 0.925. The van der Waals surface area contributed by atoms with Gasteiger partial charge in [-0.3, -0.25) is 0 Å². The van der Waals surface area contributed by atoms with Crippen molar-refractivity contribution >= 4 is 5.84 Å². The molecule has 1 aromatic heterocycles. The SMILES string of the molecule is Cc1nccn1CCC(N)=NO.